The van der Waals surface area contributed by atoms with Gasteiger partial charge in [-0.3, -0.25) is 9.78 Å². The molecule has 0 aliphatic heterocycles. The molecule has 0 spiro atoms. The van der Waals surface area contributed by atoms with Crippen LogP contribution in [0.1, 0.15) is 19.9 Å². The molecule has 7 heteroatoms. The predicted octanol–water partition coefficient (Wildman–Crippen LogP) is -0.109. The van der Waals surface area contributed by atoms with E-state index in [4.69, 9.17) is 10.8 Å². The third-order valence-corrected chi connectivity index (χ3v) is 3.00. The van der Waals surface area contributed by atoms with Crippen molar-refractivity contribution in [3.63, 3.8) is 0 Å². The number of aliphatic hydroxyl groups is 1. The van der Waals surface area contributed by atoms with Crippen molar-refractivity contribution in [2.75, 3.05) is 12.3 Å². The zero-order valence-corrected chi connectivity index (χ0v) is 9.71. The third-order valence-electron chi connectivity index (χ3n) is 3.00. The Kier molecular flexibility index (Phi) is 2.84. The highest BCUT2D eigenvalue weighted by Crippen LogP contribution is 2.20. The van der Waals surface area contributed by atoms with E-state index in [0.717, 1.165) is 0 Å². The first-order chi connectivity index (χ1) is 8.04. The van der Waals surface area contributed by atoms with Crippen LogP contribution < -0.4 is 11.3 Å². The summed E-state index contributed by atoms with van der Waals surface area (Å²) in [6.45, 7) is 3.90. The van der Waals surface area contributed by atoms with Crippen molar-refractivity contribution >= 4 is 17.1 Å². The lowest BCUT2D eigenvalue weighted by Crippen LogP contribution is -2.18. The number of fused-ring (bicyclic) bond motifs is 1. The number of aromatic nitrogens is 4. The van der Waals surface area contributed by atoms with E-state index in [1.54, 1.807) is 10.9 Å². The zero-order valence-electron chi connectivity index (χ0n) is 9.71. The van der Waals surface area contributed by atoms with Gasteiger partial charge in [0.05, 0.1) is 6.33 Å². The molecule has 0 fully saturated rings. The van der Waals surface area contributed by atoms with E-state index in [1.807, 2.05) is 13.8 Å². The lowest BCUT2D eigenvalue weighted by molar-refractivity contribution is 0.199. The van der Waals surface area contributed by atoms with Gasteiger partial charge in [0.2, 0.25) is 5.95 Å². The maximum absolute atomic E-state index is 11.6. The summed E-state index contributed by atoms with van der Waals surface area (Å²) in [7, 11) is 0. The number of nitrogens with zero attached hydrogens (tertiary/aromatic N) is 3. The Balaban J connectivity index is 2.60. The molecule has 0 aliphatic carbocycles. The molecular formula is C10H15N5O2. The molecule has 92 valence electrons. The van der Waals surface area contributed by atoms with Crippen molar-refractivity contribution < 1.29 is 5.11 Å². The fourth-order valence-electron chi connectivity index (χ4n) is 1.67. The van der Waals surface area contributed by atoms with E-state index in [9.17, 15) is 4.79 Å². The van der Waals surface area contributed by atoms with Crippen molar-refractivity contribution in [1.82, 2.24) is 19.5 Å². The Bertz CT molecular complexity index is 588. The van der Waals surface area contributed by atoms with Gasteiger partial charge in [0.1, 0.15) is 0 Å². The fourth-order valence-corrected chi connectivity index (χ4v) is 1.67. The number of hydrogen-bond acceptors (Lipinski definition) is 5. The number of nitrogens with two attached hydrogens (primary N) is 1. The van der Waals surface area contributed by atoms with Crippen molar-refractivity contribution in [2.24, 2.45) is 5.92 Å². The van der Waals surface area contributed by atoms with Gasteiger partial charge in [-0.05, 0) is 12.8 Å². The van der Waals surface area contributed by atoms with Crippen LogP contribution in [0.15, 0.2) is 11.1 Å². The van der Waals surface area contributed by atoms with Crippen molar-refractivity contribution in [3.8, 4) is 0 Å². The second-order valence-electron chi connectivity index (χ2n) is 4.18. The van der Waals surface area contributed by atoms with Crippen LogP contribution >= 0.6 is 0 Å². The smallest absolute Gasteiger partial charge is 0.280 e. The average molecular weight is 237 g/mol. The molecule has 2 aromatic rings. The second-order valence-corrected chi connectivity index (χ2v) is 4.18. The minimum atomic E-state index is -0.352. The number of rotatable bonds is 3. The molecule has 2 aromatic heterocycles. The van der Waals surface area contributed by atoms with Crippen molar-refractivity contribution in [2.45, 2.75) is 19.9 Å². The quantitative estimate of drug-likeness (QED) is 0.690. The Morgan fingerprint density at radius 3 is 2.94 bits per heavy atom. The molecule has 2 rings (SSSR count). The molecule has 0 radical (unpaired) electrons. The van der Waals surface area contributed by atoms with Gasteiger partial charge in [0, 0.05) is 12.6 Å². The Hall–Kier alpha value is -1.89. The Labute approximate surface area is 97.3 Å². The predicted molar refractivity (Wildman–Crippen MR) is 63.5 cm³/mol. The van der Waals surface area contributed by atoms with Crippen molar-refractivity contribution in [3.05, 3.63) is 16.7 Å². The molecule has 2 heterocycles. The van der Waals surface area contributed by atoms with E-state index in [1.165, 1.54) is 0 Å². The van der Waals surface area contributed by atoms with Gasteiger partial charge in [-0.2, -0.15) is 4.98 Å². The molecule has 7 nitrogen and oxygen atoms in total. The topological polar surface area (TPSA) is 110 Å². The normalized spacial score (nSPS) is 15.0. The van der Waals surface area contributed by atoms with Gasteiger partial charge < -0.3 is 15.4 Å². The standard InChI is InChI=1S/C10H15N5O2/c1-5(3-16)6(2)15-4-12-7-8(15)13-10(11)14-9(7)17/h4-6,16H,3H2,1-2H3,(H3,11,13,14,17). The van der Waals surface area contributed by atoms with Gasteiger partial charge >= 0.3 is 0 Å². The molecule has 0 saturated heterocycles. The Morgan fingerprint density at radius 1 is 1.59 bits per heavy atom. The van der Waals surface area contributed by atoms with Gasteiger partial charge in [-0.25, -0.2) is 4.98 Å². The fraction of sp³-hybridized carbons (Fsp3) is 0.500. The summed E-state index contributed by atoms with van der Waals surface area (Å²) in [6, 6.07) is -0.0151. The van der Waals surface area contributed by atoms with Crippen LogP contribution in [0.2, 0.25) is 0 Å². The number of anilines is 1. The van der Waals surface area contributed by atoms with Crippen LogP contribution in [0.5, 0.6) is 0 Å². The molecule has 2 atom stereocenters. The van der Waals surface area contributed by atoms with E-state index in [-0.39, 0.29) is 35.6 Å². The molecule has 0 bridgehead atoms. The molecule has 0 aliphatic rings. The molecular weight excluding hydrogens is 222 g/mol. The highest BCUT2D eigenvalue weighted by molar-refractivity contribution is 5.70. The van der Waals surface area contributed by atoms with Gasteiger partial charge in [0.25, 0.3) is 5.56 Å². The highest BCUT2D eigenvalue weighted by Gasteiger charge is 2.18. The lowest BCUT2D eigenvalue weighted by Gasteiger charge is -2.19. The summed E-state index contributed by atoms with van der Waals surface area (Å²) in [5, 5.41) is 9.14. The van der Waals surface area contributed by atoms with Crippen LogP contribution in [0.3, 0.4) is 0 Å². The minimum Gasteiger partial charge on any atom is -0.396 e. The molecule has 2 unspecified atom stereocenters. The first-order valence-electron chi connectivity index (χ1n) is 5.37. The van der Waals surface area contributed by atoms with E-state index >= 15 is 0 Å². The van der Waals surface area contributed by atoms with Gasteiger partial charge in [-0.1, -0.05) is 6.92 Å². The number of aromatic amines is 1. The molecule has 0 saturated carbocycles. The van der Waals surface area contributed by atoms with E-state index < -0.39 is 0 Å². The number of aliphatic hydroxyl groups excluding tert-OH is 1. The first-order valence-corrected chi connectivity index (χ1v) is 5.37. The maximum atomic E-state index is 11.6. The molecule has 17 heavy (non-hydrogen) atoms. The van der Waals surface area contributed by atoms with Crippen LogP contribution in [-0.2, 0) is 0 Å². The summed E-state index contributed by atoms with van der Waals surface area (Å²) in [5.41, 5.74) is 5.86. The second kappa shape index (κ2) is 4.17. The number of nitrogen functional groups attached to an aromatic ring is 1. The van der Waals surface area contributed by atoms with E-state index in [0.29, 0.717) is 5.65 Å². The van der Waals surface area contributed by atoms with Gasteiger partial charge in [-0.15, -0.1) is 0 Å². The number of hydrogen-bond donors (Lipinski definition) is 3. The van der Waals surface area contributed by atoms with Crippen molar-refractivity contribution in [1.29, 1.82) is 0 Å². The third kappa shape index (κ3) is 1.89. The SMILES string of the molecule is CC(CO)C(C)n1cnc2c(=O)[nH]c(N)nc21. The van der Waals surface area contributed by atoms with Crippen LogP contribution in [0, 0.1) is 5.92 Å². The zero-order chi connectivity index (χ0) is 12.6. The lowest BCUT2D eigenvalue weighted by atomic mass is 10.1. The number of imidazole rings is 1. The number of H-pyrrole nitrogens is 1. The van der Waals surface area contributed by atoms with Crippen LogP contribution in [-0.4, -0.2) is 31.2 Å². The maximum Gasteiger partial charge on any atom is 0.280 e. The van der Waals surface area contributed by atoms with Gasteiger partial charge in [0.15, 0.2) is 11.2 Å². The van der Waals surface area contributed by atoms with Crippen LogP contribution in [0.4, 0.5) is 5.95 Å². The molecule has 0 amide bonds. The summed E-state index contributed by atoms with van der Waals surface area (Å²) < 4.78 is 1.75. The average Bonchev–Trinajstić information content (AvgIpc) is 2.70. The van der Waals surface area contributed by atoms with Crippen LogP contribution in [0.25, 0.3) is 11.2 Å². The number of nitrogens with one attached hydrogen (secondary N) is 1. The van der Waals surface area contributed by atoms with E-state index in [2.05, 4.69) is 15.0 Å². The highest BCUT2D eigenvalue weighted by atomic mass is 16.3. The first kappa shape index (κ1) is 11.6. The summed E-state index contributed by atoms with van der Waals surface area (Å²) in [5.74, 6) is 0.0998. The Morgan fingerprint density at radius 2 is 2.29 bits per heavy atom. The molecule has 0 aromatic carbocycles. The summed E-state index contributed by atoms with van der Waals surface area (Å²) >= 11 is 0. The summed E-state index contributed by atoms with van der Waals surface area (Å²) in [4.78, 5) is 22.1. The largest absolute Gasteiger partial charge is 0.396 e. The minimum absolute atomic E-state index is 0.0151. The monoisotopic (exact) mass is 237 g/mol. The summed E-state index contributed by atoms with van der Waals surface area (Å²) in [6.07, 6.45) is 1.54. The molecule has 4 N–H and O–H groups in total.